The zero-order chi connectivity index (χ0) is 14.6. The molecule has 1 aromatic rings. The van der Waals surface area contributed by atoms with Gasteiger partial charge in [0.25, 0.3) is 0 Å². The maximum Gasteiger partial charge on any atom is 0.135 e. The molecule has 1 aromatic carbocycles. The highest BCUT2D eigenvalue weighted by molar-refractivity contribution is 6.19. The third-order valence-corrected chi connectivity index (χ3v) is 2.74. The summed E-state index contributed by atoms with van der Waals surface area (Å²) < 4.78 is 16.3. The zero-order valence-corrected chi connectivity index (χ0v) is 12.8. The Bertz CT molecular complexity index is 449. The van der Waals surface area contributed by atoms with Gasteiger partial charge in [-0.1, -0.05) is 25.2 Å². The number of rotatable bonds is 8. The van der Waals surface area contributed by atoms with Gasteiger partial charge in [-0.2, -0.15) is 0 Å². The Balaban J connectivity index is 2.55. The summed E-state index contributed by atoms with van der Waals surface area (Å²) in [5.41, 5.74) is 0.776. The van der Waals surface area contributed by atoms with Crippen molar-refractivity contribution >= 4 is 11.6 Å². The Labute approximate surface area is 126 Å². The number of alkyl halides is 1. The molecular formula is C16H21ClO3. The molecule has 0 radical (unpaired) electrons. The number of ether oxygens (including phenoxy) is 3. The molecule has 3 nitrogen and oxygen atoms in total. The van der Waals surface area contributed by atoms with Gasteiger partial charge in [-0.05, 0) is 24.6 Å². The molecule has 0 heterocycles. The van der Waals surface area contributed by atoms with Crippen molar-refractivity contribution in [2.45, 2.75) is 19.8 Å². The first-order valence-corrected chi connectivity index (χ1v) is 7.28. The van der Waals surface area contributed by atoms with Crippen LogP contribution in [0.1, 0.15) is 25.3 Å². The predicted molar refractivity (Wildman–Crippen MR) is 81.8 cm³/mol. The molecule has 0 bridgehead atoms. The van der Waals surface area contributed by atoms with E-state index in [1.165, 1.54) is 0 Å². The van der Waals surface area contributed by atoms with Crippen molar-refractivity contribution in [3.8, 4) is 23.3 Å². The van der Waals surface area contributed by atoms with Crippen LogP contribution in [0.5, 0.6) is 11.5 Å². The van der Waals surface area contributed by atoms with Crippen LogP contribution in [0, 0.1) is 11.8 Å². The van der Waals surface area contributed by atoms with E-state index in [-0.39, 0.29) is 5.88 Å². The fourth-order valence-electron chi connectivity index (χ4n) is 1.55. The second-order valence-electron chi connectivity index (χ2n) is 4.11. The molecule has 0 spiro atoms. The zero-order valence-electron chi connectivity index (χ0n) is 12.1. The second-order valence-corrected chi connectivity index (χ2v) is 4.38. The number of halogens is 1. The molecule has 0 fully saturated rings. The lowest BCUT2D eigenvalue weighted by atomic mass is 10.2. The highest BCUT2D eigenvalue weighted by Crippen LogP contribution is 2.23. The van der Waals surface area contributed by atoms with Gasteiger partial charge in [-0.25, -0.2) is 0 Å². The summed E-state index contributed by atoms with van der Waals surface area (Å²) in [5.74, 6) is 7.55. The van der Waals surface area contributed by atoms with E-state index in [0.717, 1.165) is 36.5 Å². The van der Waals surface area contributed by atoms with Crippen molar-refractivity contribution in [1.29, 1.82) is 0 Å². The number of hydrogen-bond acceptors (Lipinski definition) is 3. The Hall–Kier alpha value is -1.37. The SMILES string of the molecule is CCCCOCCOc1ccc(OC)cc1C#CCCl. The average Bonchev–Trinajstić information content (AvgIpc) is 2.49. The molecular weight excluding hydrogens is 276 g/mol. The van der Waals surface area contributed by atoms with Crippen LogP contribution in [0.2, 0.25) is 0 Å². The topological polar surface area (TPSA) is 27.7 Å². The van der Waals surface area contributed by atoms with Crippen molar-refractivity contribution in [2.24, 2.45) is 0 Å². The molecule has 0 aliphatic heterocycles. The van der Waals surface area contributed by atoms with Crippen LogP contribution in [-0.4, -0.2) is 32.8 Å². The highest BCUT2D eigenvalue weighted by atomic mass is 35.5. The molecule has 0 saturated carbocycles. The quantitative estimate of drug-likeness (QED) is 0.417. The van der Waals surface area contributed by atoms with Gasteiger partial charge in [0.2, 0.25) is 0 Å². The first-order chi connectivity index (χ1) is 9.81. The first-order valence-electron chi connectivity index (χ1n) is 6.75. The van der Waals surface area contributed by atoms with Crippen LogP contribution < -0.4 is 9.47 Å². The van der Waals surface area contributed by atoms with E-state index in [2.05, 4.69) is 18.8 Å². The smallest absolute Gasteiger partial charge is 0.135 e. The van der Waals surface area contributed by atoms with E-state index in [0.29, 0.717) is 13.2 Å². The molecule has 1 rings (SSSR count). The Morgan fingerprint density at radius 2 is 2.05 bits per heavy atom. The molecule has 0 saturated heterocycles. The normalized spacial score (nSPS) is 9.75. The predicted octanol–water partition coefficient (Wildman–Crippen LogP) is 3.48. The first kappa shape index (κ1) is 16.7. The van der Waals surface area contributed by atoms with Crippen LogP contribution in [0.25, 0.3) is 0 Å². The molecule has 0 aliphatic carbocycles. The van der Waals surface area contributed by atoms with Crippen LogP contribution >= 0.6 is 11.6 Å². The molecule has 0 amide bonds. The summed E-state index contributed by atoms with van der Waals surface area (Å²) in [4.78, 5) is 0. The molecule has 0 atom stereocenters. The average molecular weight is 297 g/mol. The highest BCUT2D eigenvalue weighted by Gasteiger charge is 2.03. The molecule has 20 heavy (non-hydrogen) atoms. The van der Waals surface area contributed by atoms with Gasteiger partial charge >= 0.3 is 0 Å². The van der Waals surface area contributed by atoms with E-state index in [9.17, 15) is 0 Å². The lowest BCUT2D eigenvalue weighted by Crippen LogP contribution is -2.08. The van der Waals surface area contributed by atoms with Gasteiger partial charge in [0.1, 0.15) is 18.1 Å². The largest absolute Gasteiger partial charge is 0.497 e. The fraction of sp³-hybridized carbons (Fsp3) is 0.500. The van der Waals surface area contributed by atoms with Gasteiger partial charge in [-0.15, -0.1) is 11.6 Å². The third-order valence-electron chi connectivity index (χ3n) is 2.60. The summed E-state index contributed by atoms with van der Waals surface area (Å²) >= 11 is 5.59. The lowest BCUT2D eigenvalue weighted by molar-refractivity contribution is 0.0979. The summed E-state index contributed by atoms with van der Waals surface area (Å²) in [6, 6.07) is 5.54. The van der Waals surface area contributed by atoms with Gasteiger partial charge < -0.3 is 14.2 Å². The van der Waals surface area contributed by atoms with Crippen LogP contribution in [0.15, 0.2) is 18.2 Å². The Morgan fingerprint density at radius 1 is 1.20 bits per heavy atom. The Kier molecular flexibility index (Phi) is 8.69. The number of methoxy groups -OCH3 is 1. The molecule has 0 N–H and O–H groups in total. The van der Waals surface area contributed by atoms with Gasteiger partial charge in [-0.3, -0.25) is 0 Å². The maximum atomic E-state index is 5.69. The minimum absolute atomic E-state index is 0.288. The molecule has 110 valence electrons. The molecule has 0 aromatic heterocycles. The lowest BCUT2D eigenvalue weighted by Gasteiger charge is -2.10. The standard InChI is InChI=1S/C16H21ClO3/c1-3-4-10-19-11-12-20-16-8-7-15(18-2)13-14(16)6-5-9-17/h7-8,13H,3-4,9-12H2,1-2H3. The molecule has 4 heteroatoms. The van der Waals surface area contributed by atoms with Crippen LogP contribution in [0.3, 0.4) is 0 Å². The van der Waals surface area contributed by atoms with E-state index in [1.807, 2.05) is 18.2 Å². The van der Waals surface area contributed by atoms with E-state index >= 15 is 0 Å². The van der Waals surface area contributed by atoms with Crippen molar-refractivity contribution in [1.82, 2.24) is 0 Å². The van der Waals surface area contributed by atoms with Crippen molar-refractivity contribution in [3.63, 3.8) is 0 Å². The molecule has 0 unspecified atom stereocenters. The fourth-order valence-corrected chi connectivity index (χ4v) is 1.61. The monoisotopic (exact) mass is 296 g/mol. The van der Waals surface area contributed by atoms with Crippen LogP contribution in [0.4, 0.5) is 0 Å². The number of unbranched alkanes of at least 4 members (excludes halogenated alkanes) is 1. The van der Waals surface area contributed by atoms with Crippen molar-refractivity contribution in [2.75, 3.05) is 32.8 Å². The summed E-state index contributed by atoms with van der Waals surface area (Å²) in [6.45, 7) is 4.00. The summed E-state index contributed by atoms with van der Waals surface area (Å²) in [5, 5.41) is 0. The summed E-state index contributed by atoms with van der Waals surface area (Å²) in [6.07, 6.45) is 2.21. The number of benzene rings is 1. The molecule has 0 aliphatic rings. The van der Waals surface area contributed by atoms with E-state index < -0.39 is 0 Å². The minimum Gasteiger partial charge on any atom is -0.497 e. The van der Waals surface area contributed by atoms with Crippen molar-refractivity contribution in [3.05, 3.63) is 23.8 Å². The number of hydrogen-bond donors (Lipinski definition) is 0. The van der Waals surface area contributed by atoms with Gasteiger partial charge in [0.15, 0.2) is 0 Å². The van der Waals surface area contributed by atoms with E-state index in [4.69, 9.17) is 25.8 Å². The maximum absolute atomic E-state index is 5.69. The second kappa shape index (κ2) is 10.4. The van der Waals surface area contributed by atoms with E-state index in [1.54, 1.807) is 7.11 Å². The van der Waals surface area contributed by atoms with Crippen molar-refractivity contribution < 1.29 is 14.2 Å². The van der Waals surface area contributed by atoms with Gasteiger partial charge in [0, 0.05) is 6.61 Å². The summed E-state index contributed by atoms with van der Waals surface area (Å²) in [7, 11) is 1.62. The third kappa shape index (κ3) is 6.18. The minimum atomic E-state index is 0.288. The van der Waals surface area contributed by atoms with Crippen LogP contribution in [-0.2, 0) is 4.74 Å². The van der Waals surface area contributed by atoms with Gasteiger partial charge in [0.05, 0.1) is 25.2 Å². The Morgan fingerprint density at radius 3 is 2.75 bits per heavy atom.